The molecule has 0 bridgehead atoms. The molecule has 1 aliphatic carbocycles. The van der Waals surface area contributed by atoms with Crippen LogP contribution in [-0.2, 0) is 11.0 Å². The molecule has 4 rings (SSSR count). The Hall–Kier alpha value is -2.71. The van der Waals surface area contributed by atoms with Gasteiger partial charge in [-0.05, 0) is 25.0 Å². The molecule has 0 unspecified atom stereocenters. The Bertz CT molecular complexity index is 837. The van der Waals surface area contributed by atoms with Crippen molar-refractivity contribution in [1.82, 2.24) is 15.0 Å². The average molecular weight is 363 g/mol. The van der Waals surface area contributed by atoms with Crippen LogP contribution in [0.1, 0.15) is 30.1 Å². The Kier molecular flexibility index (Phi) is 4.01. The molecule has 136 valence electrons. The highest BCUT2D eigenvalue weighted by molar-refractivity contribution is 5.97. The molecule has 3 heterocycles. The average Bonchev–Trinajstić information content (AvgIpc) is 3.46. The first-order valence-corrected chi connectivity index (χ1v) is 8.32. The Morgan fingerprint density at radius 1 is 1.08 bits per heavy atom. The summed E-state index contributed by atoms with van der Waals surface area (Å²) in [4.78, 5) is 27.5. The zero-order chi connectivity index (χ0) is 18.3. The van der Waals surface area contributed by atoms with Gasteiger partial charge in [-0.1, -0.05) is 0 Å². The molecule has 0 aromatic carbocycles. The van der Waals surface area contributed by atoms with E-state index in [2.05, 4.69) is 15.0 Å². The third kappa shape index (κ3) is 3.33. The van der Waals surface area contributed by atoms with E-state index in [1.54, 1.807) is 0 Å². The van der Waals surface area contributed by atoms with Gasteiger partial charge < -0.3 is 9.80 Å². The lowest BCUT2D eigenvalue weighted by Gasteiger charge is -2.35. The number of nitrogens with zero attached hydrogens (tertiary/aromatic N) is 5. The monoisotopic (exact) mass is 363 g/mol. The fraction of sp³-hybridized carbons (Fsp3) is 0.412. The summed E-state index contributed by atoms with van der Waals surface area (Å²) in [5.74, 6) is 0.883. The van der Waals surface area contributed by atoms with Gasteiger partial charge in [0.25, 0.3) is 0 Å². The standard InChI is InChI=1S/C17H16F3N5O/c18-17(19,20)14-7-12(3-4-21-14)25-6-5-24(9-16(25)26)15-8-13(11-1-2-11)22-10-23-15/h3-4,7-8,10-11H,1-2,5-6,9H2. The summed E-state index contributed by atoms with van der Waals surface area (Å²) in [6.45, 7) is 0.824. The molecule has 1 saturated heterocycles. The number of piperazine rings is 1. The number of carbonyl (C=O) groups excluding carboxylic acids is 1. The Labute approximate surface area is 147 Å². The summed E-state index contributed by atoms with van der Waals surface area (Å²) < 4.78 is 38.5. The van der Waals surface area contributed by atoms with Crippen molar-refractivity contribution in [2.45, 2.75) is 24.9 Å². The molecule has 26 heavy (non-hydrogen) atoms. The lowest BCUT2D eigenvalue weighted by molar-refractivity contribution is -0.141. The molecule has 0 N–H and O–H groups in total. The second-order valence-electron chi connectivity index (χ2n) is 6.44. The maximum Gasteiger partial charge on any atom is 0.433 e. The molecule has 1 saturated carbocycles. The number of rotatable bonds is 3. The zero-order valence-electron chi connectivity index (χ0n) is 13.8. The molecule has 2 aromatic rings. The van der Waals surface area contributed by atoms with Crippen molar-refractivity contribution >= 4 is 17.4 Å². The van der Waals surface area contributed by atoms with E-state index < -0.39 is 11.9 Å². The van der Waals surface area contributed by atoms with Crippen molar-refractivity contribution in [2.24, 2.45) is 0 Å². The van der Waals surface area contributed by atoms with Crippen LogP contribution in [0.25, 0.3) is 0 Å². The van der Waals surface area contributed by atoms with Crippen LogP contribution in [0.15, 0.2) is 30.7 Å². The first-order chi connectivity index (χ1) is 12.4. The van der Waals surface area contributed by atoms with Crippen LogP contribution in [0.3, 0.4) is 0 Å². The summed E-state index contributed by atoms with van der Waals surface area (Å²) >= 11 is 0. The largest absolute Gasteiger partial charge is 0.433 e. The highest BCUT2D eigenvalue weighted by Gasteiger charge is 2.34. The van der Waals surface area contributed by atoms with Crippen LogP contribution in [0.4, 0.5) is 24.7 Å². The van der Waals surface area contributed by atoms with Crippen molar-refractivity contribution in [3.8, 4) is 0 Å². The Morgan fingerprint density at radius 3 is 2.58 bits per heavy atom. The molecular formula is C17H16F3N5O. The van der Waals surface area contributed by atoms with E-state index in [-0.39, 0.29) is 24.7 Å². The summed E-state index contributed by atoms with van der Waals surface area (Å²) in [7, 11) is 0. The molecule has 6 nitrogen and oxygen atoms in total. The fourth-order valence-corrected chi connectivity index (χ4v) is 3.02. The lowest BCUT2D eigenvalue weighted by atomic mass is 10.2. The summed E-state index contributed by atoms with van der Waals surface area (Å²) in [5, 5.41) is 0. The molecule has 2 aliphatic rings. The van der Waals surface area contributed by atoms with Gasteiger partial charge in [-0.2, -0.15) is 13.2 Å². The molecule has 9 heteroatoms. The fourth-order valence-electron chi connectivity index (χ4n) is 3.02. The minimum absolute atomic E-state index is 0.0603. The van der Waals surface area contributed by atoms with Crippen LogP contribution in [-0.4, -0.2) is 40.5 Å². The maximum atomic E-state index is 12.8. The molecule has 0 radical (unpaired) electrons. The number of halogens is 3. The van der Waals surface area contributed by atoms with Crippen molar-refractivity contribution in [3.63, 3.8) is 0 Å². The van der Waals surface area contributed by atoms with E-state index in [1.165, 1.54) is 17.3 Å². The van der Waals surface area contributed by atoms with Crippen molar-refractivity contribution in [2.75, 3.05) is 29.4 Å². The van der Waals surface area contributed by atoms with Crippen LogP contribution in [0, 0.1) is 0 Å². The van der Waals surface area contributed by atoms with E-state index in [0.717, 1.165) is 30.8 Å². The van der Waals surface area contributed by atoms with Crippen molar-refractivity contribution < 1.29 is 18.0 Å². The van der Waals surface area contributed by atoms with Gasteiger partial charge in [0.15, 0.2) is 0 Å². The molecule has 0 spiro atoms. The van der Waals surface area contributed by atoms with Crippen LogP contribution in [0.5, 0.6) is 0 Å². The van der Waals surface area contributed by atoms with Gasteiger partial charge in [0.05, 0.1) is 6.54 Å². The first kappa shape index (κ1) is 16.7. The number of pyridine rings is 1. The normalized spacial score (nSPS) is 18.3. The van der Waals surface area contributed by atoms with E-state index >= 15 is 0 Å². The molecule has 2 fully saturated rings. The van der Waals surface area contributed by atoms with Gasteiger partial charge in [-0.3, -0.25) is 9.78 Å². The van der Waals surface area contributed by atoms with E-state index in [9.17, 15) is 18.0 Å². The minimum Gasteiger partial charge on any atom is -0.345 e. The van der Waals surface area contributed by atoms with Crippen LogP contribution in [0.2, 0.25) is 0 Å². The zero-order valence-corrected chi connectivity index (χ0v) is 13.8. The number of hydrogen-bond donors (Lipinski definition) is 0. The van der Waals surface area contributed by atoms with Crippen LogP contribution >= 0.6 is 0 Å². The molecule has 1 amide bonds. The van der Waals surface area contributed by atoms with Gasteiger partial charge in [0, 0.05) is 42.7 Å². The number of amides is 1. The molecule has 1 aliphatic heterocycles. The SMILES string of the molecule is O=C1CN(c2cc(C3CC3)ncn2)CCN1c1ccnc(C(F)(F)F)c1. The summed E-state index contributed by atoms with van der Waals surface area (Å²) in [6, 6.07) is 4.22. The topological polar surface area (TPSA) is 62.2 Å². The number of carbonyl (C=O) groups is 1. The molecule has 2 aromatic heterocycles. The molecular weight excluding hydrogens is 347 g/mol. The quantitative estimate of drug-likeness (QED) is 0.839. The highest BCUT2D eigenvalue weighted by Crippen LogP contribution is 2.39. The Morgan fingerprint density at radius 2 is 1.88 bits per heavy atom. The molecule has 0 atom stereocenters. The van der Waals surface area contributed by atoms with Crippen molar-refractivity contribution in [1.29, 1.82) is 0 Å². The summed E-state index contributed by atoms with van der Waals surface area (Å²) in [6.07, 6.45) is 0.267. The third-order valence-electron chi connectivity index (χ3n) is 4.56. The predicted octanol–water partition coefficient (Wildman–Crippen LogP) is 2.62. The first-order valence-electron chi connectivity index (χ1n) is 8.32. The second kappa shape index (κ2) is 6.22. The van der Waals surface area contributed by atoms with E-state index in [1.807, 2.05) is 11.0 Å². The van der Waals surface area contributed by atoms with Gasteiger partial charge in [-0.25, -0.2) is 9.97 Å². The Balaban J connectivity index is 1.50. The highest BCUT2D eigenvalue weighted by atomic mass is 19.4. The van der Waals surface area contributed by atoms with E-state index in [0.29, 0.717) is 18.3 Å². The third-order valence-corrected chi connectivity index (χ3v) is 4.56. The van der Waals surface area contributed by atoms with Gasteiger partial charge in [0.2, 0.25) is 5.91 Å². The number of alkyl halides is 3. The number of hydrogen-bond acceptors (Lipinski definition) is 5. The maximum absolute atomic E-state index is 12.8. The predicted molar refractivity (Wildman–Crippen MR) is 87.8 cm³/mol. The van der Waals surface area contributed by atoms with Crippen molar-refractivity contribution in [3.05, 3.63) is 42.1 Å². The number of anilines is 2. The number of aromatic nitrogens is 3. The van der Waals surface area contributed by atoms with Gasteiger partial charge >= 0.3 is 6.18 Å². The summed E-state index contributed by atoms with van der Waals surface area (Å²) in [5.41, 5.74) is 0.183. The smallest absolute Gasteiger partial charge is 0.345 e. The van der Waals surface area contributed by atoms with Gasteiger partial charge in [0.1, 0.15) is 17.8 Å². The van der Waals surface area contributed by atoms with E-state index in [4.69, 9.17) is 0 Å². The van der Waals surface area contributed by atoms with Gasteiger partial charge in [-0.15, -0.1) is 0 Å². The second-order valence-corrected chi connectivity index (χ2v) is 6.44. The van der Waals surface area contributed by atoms with Crippen LogP contribution < -0.4 is 9.80 Å². The minimum atomic E-state index is -4.54. The lowest BCUT2D eigenvalue weighted by Crippen LogP contribution is -2.51.